The number of rotatable bonds is 2. The molecular weight excluding hydrogens is 258 g/mol. The molecule has 4 nitrogen and oxygen atoms in total. The minimum atomic E-state index is -3.73. The number of hydrogen-bond acceptors (Lipinski definition) is 3. The normalized spacial score (nSPS) is 22.4. The van der Waals surface area contributed by atoms with Crippen LogP contribution in [0.15, 0.2) is 18.2 Å². The van der Waals surface area contributed by atoms with Crippen molar-refractivity contribution < 1.29 is 28.2 Å². The zero-order valence-corrected chi connectivity index (χ0v) is 9.99. The van der Waals surface area contributed by atoms with Crippen molar-refractivity contribution in [3.05, 3.63) is 23.8 Å². The number of hydrogen-bond donors (Lipinski definition) is 1. The highest BCUT2D eigenvalue weighted by atomic mass is 19.3. The Morgan fingerprint density at radius 1 is 1.21 bits per heavy atom. The lowest BCUT2D eigenvalue weighted by Crippen LogP contribution is -2.33. The van der Waals surface area contributed by atoms with Gasteiger partial charge in [0.25, 0.3) is 0 Å². The zero-order valence-electron chi connectivity index (χ0n) is 9.99. The Morgan fingerprint density at radius 3 is 2.53 bits per heavy atom. The predicted molar refractivity (Wildman–Crippen MR) is 60.4 cm³/mol. The first-order chi connectivity index (χ1) is 8.95. The van der Waals surface area contributed by atoms with Gasteiger partial charge in [-0.3, -0.25) is 4.79 Å². The molecule has 3 rings (SSSR count). The third kappa shape index (κ3) is 1.74. The number of halogens is 2. The molecule has 0 atom stereocenters. The molecule has 1 aromatic rings. The first-order valence-electron chi connectivity index (χ1n) is 6.07. The summed E-state index contributed by atoms with van der Waals surface area (Å²) in [5.74, 6) is -1.25. The van der Waals surface area contributed by atoms with E-state index in [-0.39, 0.29) is 17.1 Å². The van der Waals surface area contributed by atoms with E-state index in [0.29, 0.717) is 12.8 Å². The molecule has 1 aliphatic carbocycles. The van der Waals surface area contributed by atoms with E-state index in [1.807, 2.05) is 0 Å². The summed E-state index contributed by atoms with van der Waals surface area (Å²) in [6.07, 6.45) is -1.36. The van der Waals surface area contributed by atoms with Gasteiger partial charge in [0.2, 0.25) is 0 Å². The van der Waals surface area contributed by atoms with Crippen LogP contribution in [0.1, 0.15) is 31.2 Å². The van der Waals surface area contributed by atoms with E-state index >= 15 is 0 Å². The fraction of sp³-hybridized carbons (Fsp3) is 0.462. The highest BCUT2D eigenvalue weighted by molar-refractivity contribution is 5.83. The van der Waals surface area contributed by atoms with Gasteiger partial charge in [0.1, 0.15) is 0 Å². The topological polar surface area (TPSA) is 55.8 Å². The van der Waals surface area contributed by atoms with Gasteiger partial charge in [-0.05, 0) is 18.9 Å². The molecule has 1 N–H and O–H groups in total. The van der Waals surface area contributed by atoms with Crippen LogP contribution in [0.25, 0.3) is 0 Å². The summed E-state index contributed by atoms with van der Waals surface area (Å²) < 4.78 is 35.1. The van der Waals surface area contributed by atoms with Gasteiger partial charge in [0.15, 0.2) is 11.5 Å². The number of carboxylic acids is 1. The summed E-state index contributed by atoms with van der Waals surface area (Å²) in [6, 6.07) is 4.40. The summed E-state index contributed by atoms with van der Waals surface area (Å²) >= 11 is 0. The molecule has 1 saturated carbocycles. The van der Waals surface area contributed by atoms with Crippen LogP contribution in [0.2, 0.25) is 0 Å². The lowest BCUT2D eigenvalue weighted by atomic mass is 9.78. The molecule has 0 radical (unpaired) electrons. The van der Waals surface area contributed by atoms with Crippen LogP contribution in [0.4, 0.5) is 8.78 Å². The molecule has 6 heteroatoms. The van der Waals surface area contributed by atoms with Gasteiger partial charge >= 0.3 is 12.3 Å². The monoisotopic (exact) mass is 270 g/mol. The minimum Gasteiger partial charge on any atom is -0.481 e. The van der Waals surface area contributed by atoms with Crippen LogP contribution in [0.5, 0.6) is 11.5 Å². The Balaban J connectivity index is 2.13. The fourth-order valence-corrected chi connectivity index (χ4v) is 2.92. The molecule has 0 bridgehead atoms. The Bertz CT molecular complexity index is 535. The van der Waals surface area contributed by atoms with Crippen LogP contribution >= 0.6 is 0 Å². The number of carboxylic acid groups (broad SMARTS) is 1. The van der Waals surface area contributed by atoms with Crippen molar-refractivity contribution in [2.75, 3.05) is 0 Å². The number of benzene rings is 1. The predicted octanol–water partition coefficient (Wildman–Crippen LogP) is 2.90. The maximum absolute atomic E-state index is 13.1. The third-order valence-corrected chi connectivity index (χ3v) is 3.81. The van der Waals surface area contributed by atoms with Crippen LogP contribution in [-0.4, -0.2) is 17.4 Å². The van der Waals surface area contributed by atoms with Crippen molar-refractivity contribution in [3.8, 4) is 11.5 Å². The molecule has 1 heterocycles. The fourth-order valence-electron chi connectivity index (χ4n) is 2.92. The van der Waals surface area contributed by atoms with Gasteiger partial charge in [-0.1, -0.05) is 25.0 Å². The Morgan fingerprint density at radius 2 is 1.89 bits per heavy atom. The summed E-state index contributed by atoms with van der Waals surface area (Å²) in [6.45, 7) is 0. The molecule has 0 unspecified atom stereocenters. The second-order valence-electron chi connectivity index (χ2n) is 4.89. The number of aliphatic carboxylic acids is 1. The van der Waals surface area contributed by atoms with Crippen LogP contribution in [0.3, 0.4) is 0 Å². The molecule has 19 heavy (non-hydrogen) atoms. The SMILES string of the molecule is O=C(O)C1(c2cccc3c2OC(F)(F)O3)CCCC1. The average molecular weight is 270 g/mol. The summed E-state index contributed by atoms with van der Waals surface area (Å²) in [5.41, 5.74) is -0.859. The van der Waals surface area contributed by atoms with Gasteiger partial charge in [-0.2, -0.15) is 0 Å². The number of ether oxygens (including phenoxy) is 2. The number of fused-ring (bicyclic) bond motifs is 1. The number of para-hydroxylation sites is 1. The number of carbonyl (C=O) groups is 1. The standard InChI is InChI=1S/C13H12F2O4/c14-13(15)18-9-5-3-4-8(10(9)19-13)12(11(16)17)6-1-2-7-12/h3-5H,1-2,6-7H2,(H,16,17). The Hall–Kier alpha value is -1.85. The van der Waals surface area contributed by atoms with Crippen LogP contribution < -0.4 is 9.47 Å². The van der Waals surface area contributed by atoms with Crippen molar-refractivity contribution in [2.45, 2.75) is 37.4 Å². The molecule has 0 spiro atoms. The maximum atomic E-state index is 13.1. The van der Waals surface area contributed by atoms with E-state index in [0.717, 1.165) is 12.8 Å². The smallest absolute Gasteiger partial charge is 0.481 e. The molecule has 2 aliphatic rings. The Labute approximate surface area is 107 Å². The molecule has 1 fully saturated rings. The maximum Gasteiger partial charge on any atom is 0.586 e. The first-order valence-corrected chi connectivity index (χ1v) is 6.07. The molecule has 102 valence electrons. The van der Waals surface area contributed by atoms with E-state index in [9.17, 15) is 18.7 Å². The van der Waals surface area contributed by atoms with Crippen molar-refractivity contribution >= 4 is 5.97 Å². The van der Waals surface area contributed by atoms with E-state index in [1.165, 1.54) is 18.2 Å². The summed E-state index contributed by atoms with van der Waals surface area (Å²) in [5, 5.41) is 9.49. The Kier molecular flexibility index (Phi) is 2.45. The highest BCUT2D eigenvalue weighted by Crippen LogP contribution is 2.51. The van der Waals surface area contributed by atoms with Crippen molar-refractivity contribution in [1.29, 1.82) is 0 Å². The first kappa shape index (κ1) is 12.2. The van der Waals surface area contributed by atoms with Gasteiger partial charge in [-0.25, -0.2) is 0 Å². The summed E-state index contributed by atoms with van der Waals surface area (Å²) in [7, 11) is 0. The minimum absolute atomic E-state index is 0.102. The molecule has 0 aromatic heterocycles. The van der Waals surface area contributed by atoms with Gasteiger partial charge in [-0.15, -0.1) is 8.78 Å². The van der Waals surface area contributed by atoms with Gasteiger partial charge in [0, 0.05) is 5.56 Å². The van der Waals surface area contributed by atoms with Crippen molar-refractivity contribution in [2.24, 2.45) is 0 Å². The average Bonchev–Trinajstić information content (AvgIpc) is 2.90. The number of alkyl halides is 2. The lowest BCUT2D eigenvalue weighted by Gasteiger charge is -2.25. The van der Waals surface area contributed by atoms with E-state index in [2.05, 4.69) is 9.47 Å². The van der Waals surface area contributed by atoms with Crippen LogP contribution in [-0.2, 0) is 10.2 Å². The molecule has 0 amide bonds. The highest BCUT2D eigenvalue weighted by Gasteiger charge is 2.51. The van der Waals surface area contributed by atoms with Crippen molar-refractivity contribution in [1.82, 2.24) is 0 Å². The molecular formula is C13H12F2O4. The van der Waals surface area contributed by atoms with Gasteiger partial charge < -0.3 is 14.6 Å². The third-order valence-electron chi connectivity index (χ3n) is 3.81. The van der Waals surface area contributed by atoms with E-state index in [4.69, 9.17) is 0 Å². The summed E-state index contributed by atoms with van der Waals surface area (Å²) in [4.78, 5) is 11.6. The zero-order chi connectivity index (χ0) is 13.7. The van der Waals surface area contributed by atoms with Gasteiger partial charge in [0.05, 0.1) is 5.41 Å². The largest absolute Gasteiger partial charge is 0.586 e. The van der Waals surface area contributed by atoms with Crippen LogP contribution in [0, 0.1) is 0 Å². The second kappa shape index (κ2) is 3.82. The lowest BCUT2D eigenvalue weighted by molar-refractivity contribution is -0.287. The molecule has 0 saturated heterocycles. The van der Waals surface area contributed by atoms with E-state index in [1.54, 1.807) is 0 Å². The van der Waals surface area contributed by atoms with E-state index < -0.39 is 17.7 Å². The molecule has 1 aliphatic heterocycles. The quantitative estimate of drug-likeness (QED) is 0.897. The second-order valence-corrected chi connectivity index (χ2v) is 4.89. The van der Waals surface area contributed by atoms with Crippen molar-refractivity contribution in [3.63, 3.8) is 0 Å². The molecule has 1 aromatic carbocycles.